The van der Waals surface area contributed by atoms with E-state index in [1.165, 1.54) is 36.7 Å². The number of ketones is 1. The zero-order valence-corrected chi connectivity index (χ0v) is 21.5. The van der Waals surface area contributed by atoms with E-state index in [0.29, 0.717) is 28.6 Å². The van der Waals surface area contributed by atoms with Crippen LogP contribution in [0.1, 0.15) is 28.9 Å². The maximum Gasteiger partial charge on any atom is 0.416 e. The molecule has 3 aromatic rings. The summed E-state index contributed by atoms with van der Waals surface area (Å²) in [7, 11) is -4.10. The molecule has 2 aliphatic rings. The number of H-pyrrole nitrogens is 1. The first-order valence-corrected chi connectivity index (χ1v) is 13.4. The van der Waals surface area contributed by atoms with E-state index in [1.54, 1.807) is 6.08 Å². The van der Waals surface area contributed by atoms with Crippen molar-refractivity contribution in [2.24, 2.45) is 16.1 Å². The molecular formula is C26H22F4N6O3S. The van der Waals surface area contributed by atoms with Crippen molar-refractivity contribution in [1.82, 2.24) is 19.5 Å². The van der Waals surface area contributed by atoms with Crippen LogP contribution in [-0.2, 0) is 16.2 Å². The topological polar surface area (TPSA) is 134 Å². The molecule has 0 amide bonds. The van der Waals surface area contributed by atoms with Crippen molar-refractivity contribution >= 4 is 27.2 Å². The summed E-state index contributed by atoms with van der Waals surface area (Å²) in [6.45, 7) is -0.375. The van der Waals surface area contributed by atoms with Crippen LogP contribution in [-0.4, -0.2) is 52.5 Å². The zero-order chi connectivity index (χ0) is 28.7. The van der Waals surface area contributed by atoms with E-state index in [2.05, 4.69) is 20.2 Å². The third-order valence-corrected chi connectivity index (χ3v) is 8.78. The molecule has 40 heavy (non-hydrogen) atoms. The number of sulfonamides is 1. The molecule has 0 spiro atoms. The SMILES string of the molecule is NC=C1C[C@]2(C(=O)c3cc(C(F)(F)F)ccn3)CN(S(=O)(=O)c3cn[nH]c3)CCC2=CC1=Nc1ccc(F)cc1. The van der Waals surface area contributed by atoms with Crippen LogP contribution in [0.25, 0.3) is 0 Å². The molecule has 1 aliphatic carbocycles. The van der Waals surface area contributed by atoms with Gasteiger partial charge in [0, 0.05) is 25.5 Å². The second-order valence-electron chi connectivity index (χ2n) is 9.37. The summed E-state index contributed by atoms with van der Waals surface area (Å²) in [6.07, 6.45) is 1.24. The van der Waals surface area contributed by atoms with Gasteiger partial charge in [0.25, 0.3) is 0 Å². The van der Waals surface area contributed by atoms with Gasteiger partial charge in [0.15, 0.2) is 5.78 Å². The van der Waals surface area contributed by atoms with Crippen molar-refractivity contribution in [3.8, 4) is 0 Å². The number of piperidine rings is 1. The minimum absolute atomic E-state index is 0.00407. The molecule has 1 saturated heterocycles. The average Bonchev–Trinajstić information content (AvgIpc) is 3.49. The Balaban J connectivity index is 1.64. The molecule has 2 aromatic heterocycles. The Morgan fingerprint density at radius 2 is 1.95 bits per heavy atom. The van der Waals surface area contributed by atoms with E-state index in [-0.39, 0.29) is 30.8 Å². The summed E-state index contributed by atoms with van der Waals surface area (Å²) in [5, 5.41) is 6.13. The number of nitrogens with two attached hydrogens (primary N) is 1. The quantitative estimate of drug-likeness (QED) is 0.347. The number of carbonyl (C=O) groups is 1. The van der Waals surface area contributed by atoms with Crippen LogP contribution in [0.2, 0.25) is 0 Å². The van der Waals surface area contributed by atoms with Crippen molar-refractivity contribution in [3.63, 3.8) is 0 Å². The molecule has 0 bridgehead atoms. The fourth-order valence-electron chi connectivity index (χ4n) is 4.93. The van der Waals surface area contributed by atoms with Crippen LogP contribution in [0.15, 0.2) is 88.3 Å². The monoisotopic (exact) mass is 574 g/mol. The van der Waals surface area contributed by atoms with E-state index in [9.17, 15) is 30.8 Å². The molecule has 1 fully saturated rings. The molecule has 3 N–H and O–H groups in total. The molecule has 0 saturated carbocycles. The van der Waals surface area contributed by atoms with Crippen molar-refractivity contribution in [2.45, 2.75) is 23.9 Å². The molecule has 208 valence electrons. The lowest BCUT2D eigenvalue weighted by molar-refractivity contribution is -0.137. The van der Waals surface area contributed by atoms with Crippen LogP contribution in [0.5, 0.6) is 0 Å². The second-order valence-corrected chi connectivity index (χ2v) is 11.3. The Kier molecular flexibility index (Phi) is 6.92. The fourth-order valence-corrected chi connectivity index (χ4v) is 6.34. The summed E-state index contributed by atoms with van der Waals surface area (Å²) in [4.78, 5) is 22.4. The Morgan fingerprint density at radius 3 is 2.60 bits per heavy atom. The van der Waals surface area contributed by atoms with E-state index in [1.807, 2.05) is 0 Å². The number of Topliss-reactive ketones (excluding diaryl/α,β-unsaturated/α-hetero) is 1. The van der Waals surface area contributed by atoms with E-state index in [0.717, 1.165) is 22.8 Å². The highest BCUT2D eigenvalue weighted by molar-refractivity contribution is 7.89. The van der Waals surface area contributed by atoms with E-state index in [4.69, 9.17) is 5.73 Å². The highest BCUT2D eigenvalue weighted by Gasteiger charge is 2.52. The third kappa shape index (κ3) is 4.95. The summed E-state index contributed by atoms with van der Waals surface area (Å²) in [5.41, 5.74) is 4.40. The number of fused-ring (bicyclic) bond motifs is 1. The maximum atomic E-state index is 14.1. The minimum atomic E-state index is -4.72. The Morgan fingerprint density at radius 1 is 1.20 bits per heavy atom. The van der Waals surface area contributed by atoms with Gasteiger partial charge in [0.05, 0.1) is 28.6 Å². The molecule has 9 nitrogen and oxygen atoms in total. The van der Waals surface area contributed by atoms with E-state index >= 15 is 0 Å². The van der Waals surface area contributed by atoms with Crippen molar-refractivity contribution in [2.75, 3.05) is 13.1 Å². The van der Waals surface area contributed by atoms with Gasteiger partial charge in [-0.1, -0.05) is 5.57 Å². The van der Waals surface area contributed by atoms with Crippen LogP contribution in [0, 0.1) is 11.2 Å². The molecule has 0 radical (unpaired) electrons. The molecule has 1 aromatic carbocycles. The number of benzene rings is 1. The predicted octanol–water partition coefficient (Wildman–Crippen LogP) is 4.17. The van der Waals surface area contributed by atoms with Crippen molar-refractivity contribution in [3.05, 3.63) is 95.5 Å². The highest BCUT2D eigenvalue weighted by atomic mass is 32.2. The summed E-state index contributed by atoms with van der Waals surface area (Å²) >= 11 is 0. The number of aliphatic imine (C=N–C) groups is 1. The van der Waals surface area contributed by atoms with Crippen LogP contribution in [0.3, 0.4) is 0 Å². The number of halogens is 4. The number of carbonyl (C=O) groups excluding carboxylic acids is 1. The number of allylic oxidation sites excluding steroid dienone is 2. The third-order valence-electron chi connectivity index (χ3n) is 6.97. The normalized spacial score (nSPS) is 22.2. The minimum Gasteiger partial charge on any atom is -0.404 e. The van der Waals surface area contributed by atoms with Gasteiger partial charge >= 0.3 is 6.18 Å². The highest BCUT2D eigenvalue weighted by Crippen LogP contribution is 2.48. The van der Waals surface area contributed by atoms with E-state index < -0.39 is 44.5 Å². The Hall–Kier alpha value is -4.17. The number of aromatic nitrogens is 3. The Labute approximate surface area is 226 Å². The lowest BCUT2D eigenvalue weighted by atomic mass is 9.64. The first-order valence-electron chi connectivity index (χ1n) is 12.0. The summed E-state index contributed by atoms with van der Waals surface area (Å²) < 4.78 is 81.7. The number of rotatable bonds is 5. The lowest BCUT2D eigenvalue weighted by Crippen LogP contribution is -2.53. The summed E-state index contributed by atoms with van der Waals surface area (Å²) in [6, 6.07) is 6.78. The van der Waals surface area contributed by atoms with Gasteiger partial charge < -0.3 is 5.73 Å². The van der Waals surface area contributed by atoms with Crippen LogP contribution >= 0.6 is 0 Å². The molecule has 1 atom stereocenters. The molecule has 14 heteroatoms. The molecule has 5 rings (SSSR count). The fraction of sp³-hybridized carbons (Fsp3) is 0.231. The number of hydrogen-bond acceptors (Lipinski definition) is 7. The largest absolute Gasteiger partial charge is 0.416 e. The number of alkyl halides is 3. The summed E-state index contributed by atoms with van der Waals surface area (Å²) in [5.74, 6) is -1.23. The zero-order valence-electron chi connectivity index (χ0n) is 20.7. The smallest absolute Gasteiger partial charge is 0.404 e. The first-order chi connectivity index (χ1) is 18.9. The van der Waals surface area contributed by atoms with Gasteiger partial charge in [-0.2, -0.15) is 22.6 Å². The number of pyridine rings is 1. The Bertz CT molecular complexity index is 1650. The van der Waals surface area contributed by atoms with Crippen LogP contribution in [0.4, 0.5) is 23.2 Å². The number of nitrogens with zero attached hydrogens (tertiary/aromatic N) is 4. The number of hydrogen-bond donors (Lipinski definition) is 2. The standard InChI is InChI=1S/C26H22F4N6O3S/c27-19-1-3-20(4-2-19)35-22-9-17-6-8-36(40(38,39)21-13-33-34-14-21)15-25(17,11-16(22)12-31)24(37)23-10-18(5-7-32-23)26(28,29)30/h1-5,7,9-10,12-14H,6,8,11,15,31H2,(H,33,34)/t25-/m0/s1. The molecule has 0 unspecified atom stereocenters. The van der Waals surface area contributed by atoms with Gasteiger partial charge in [-0.3, -0.25) is 14.9 Å². The lowest BCUT2D eigenvalue weighted by Gasteiger charge is -2.45. The van der Waals surface area contributed by atoms with Gasteiger partial charge in [0.1, 0.15) is 16.4 Å². The van der Waals surface area contributed by atoms with Gasteiger partial charge in [-0.15, -0.1) is 0 Å². The molecule has 1 aliphatic heterocycles. The van der Waals surface area contributed by atoms with Gasteiger partial charge in [-0.05, 0) is 67.1 Å². The average molecular weight is 575 g/mol. The van der Waals surface area contributed by atoms with Gasteiger partial charge in [-0.25, -0.2) is 17.8 Å². The number of aromatic amines is 1. The van der Waals surface area contributed by atoms with Crippen molar-refractivity contribution < 1.29 is 30.8 Å². The first kappa shape index (κ1) is 27.4. The van der Waals surface area contributed by atoms with Crippen molar-refractivity contribution in [1.29, 1.82) is 0 Å². The predicted molar refractivity (Wildman–Crippen MR) is 136 cm³/mol. The molecule has 3 heterocycles. The second kappa shape index (κ2) is 10.1. The van der Waals surface area contributed by atoms with Gasteiger partial charge in [0.2, 0.25) is 10.0 Å². The van der Waals surface area contributed by atoms with Crippen LogP contribution < -0.4 is 5.73 Å². The molecular weight excluding hydrogens is 552 g/mol. The number of nitrogens with one attached hydrogen (secondary N) is 1. The maximum absolute atomic E-state index is 14.1.